The summed E-state index contributed by atoms with van der Waals surface area (Å²) in [5, 5.41) is 2.91. The molecule has 1 amide bonds. The Morgan fingerprint density at radius 3 is 2.47 bits per heavy atom. The number of para-hydroxylation sites is 1. The highest BCUT2D eigenvalue weighted by Gasteiger charge is 2.26. The Labute approximate surface area is 174 Å². The Hall–Kier alpha value is -4.06. The van der Waals surface area contributed by atoms with Crippen LogP contribution in [0.15, 0.2) is 89.6 Å². The Balaban J connectivity index is 1.48. The largest absolute Gasteiger partial charge is 0.454 e. The number of fused-ring (bicyclic) bond motifs is 1. The van der Waals surface area contributed by atoms with Gasteiger partial charge in [-0.2, -0.15) is 0 Å². The quantitative estimate of drug-likeness (QED) is 0.677. The van der Waals surface area contributed by atoms with Gasteiger partial charge in [0.25, 0.3) is 5.91 Å². The molecule has 0 radical (unpaired) electrons. The summed E-state index contributed by atoms with van der Waals surface area (Å²) in [6.07, 6.45) is 1.75. The predicted octanol–water partition coefficient (Wildman–Crippen LogP) is 3.95. The van der Waals surface area contributed by atoms with Crippen LogP contribution in [0, 0.1) is 0 Å². The van der Waals surface area contributed by atoms with Gasteiger partial charge >= 0.3 is 0 Å². The van der Waals surface area contributed by atoms with Gasteiger partial charge in [-0.05, 0) is 41.5 Å². The van der Waals surface area contributed by atoms with Crippen LogP contribution in [-0.2, 0) is 11.3 Å². The molecule has 6 nitrogen and oxygen atoms in total. The van der Waals surface area contributed by atoms with Crippen LogP contribution in [0.4, 0.5) is 5.69 Å². The van der Waals surface area contributed by atoms with E-state index in [1.54, 1.807) is 6.08 Å². The second-order valence-corrected chi connectivity index (χ2v) is 6.94. The number of aliphatic imine (C=N–C) groups is 1. The number of carbonyl (C=O) groups excluding carboxylic acids is 1. The molecular weight excluding hydrogens is 378 g/mol. The van der Waals surface area contributed by atoms with Crippen molar-refractivity contribution < 1.29 is 14.3 Å². The summed E-state index contributed by atoms with van der Waals surface area (Å²) < 4.78 is 10.8. The standard InChI is InChI=1S/C24H19N3O3/c28-23-20(13-18-11-12-21-22(14-18)30-16-29-21)25-24(26-23)27(19-9-5-2-6-10-19)15-17-7-3-1-4-8-17/h1-14H,15-16H2,(H,25,26,28). The highest BCUT2D eigenvalue weighted by molar-refractivity contribution is 6.18. The lowest BCUT2D eigenvalue weighted by molar-refractivity contribution is -0.115. The van der Waals surface area contributed by atoms with Gasteiger partial charge < -0.3 is 14.4 Å². The molecule has 30 heavy (non-hydrogen) atoms. The zero-order chi connectivity index (χ0) is 20.3. The van der Waals surface area contributed by atoms with Crippen molar-refractivity contribution in [3.05, 3.63) is 95.7 Å². The van der Waals surface area contributed by atoms with Gasteiger partial charge in [-0.3, -0.25) is 10.1 Å². The highest BCUT2D eigenvalue weighted by Crippen LogP contribution is 2.33. The molecule has 0 aliphatic carbocycles. The molecule has 0 saturated carbocycles. The summed E-state index contributed by atoms with van der Waals surface area (Å²) in [7, 11) is 0. The summed E-state index contributed by atoms with van der Waals surface area (Å²) in [6.45, 7) is 0.797. The van der Waals surface area contributed by atoms with Crippen LogP contribution in [0.3, 0.4) is 0 Å². The Kier molecular flexibility index (Phi) is 4.65. The van der Waals surface area contributed by atoms with Crippen LogP contribution >= 0.6 is 0 Å². The molecular formula is C24H19N3O3. The molecule has 2 aliphatic rings. The van der Waals surface area contributed by atoms with Gasteiger partial charge in [-0.1, -0.05) is 54.6 Å². The van der Waals surface area contributed by atoms with E-state index in [-0.39, 0.29) is 12.7 Å². The minimum absolute atomic E-state index is 0.212. The van der Waals surface area contributed by atoms with Gasteiger partial charge in [0, 0.05) is 5.69 Å². The molecule has 5 rings (SSSR count). The van der Waals surface area contributed by atoms with Crippen molar-refractivity contribution in [3.8, 4) is 11.5 Å². The number of amides is 1. The molecule has 0 saturated heterocycles. The monoisotopic (exact) mass is 397 g/mol. The van der Waals surface area contributed by atoms with Crippen LogP contribution in [0.5, 0.6) is 11.5 Å². The summed E-state index contributed by atoms with van der Waals surface area (Å²) in [5.41, 5.74) is 3.23. The predicted molar refractivity (Wildman–Crippen MR) is 115 cm³/mol. The van der Waals surface area contributed by atoms with E-state index in [0.29, 0.717) is 29.7 Å². The van der Waals surface area contributed by atoms with Crippen LogP contribution in [0.2, 0.25) is 0 Å². The van der Waals surface area contributed by atoms with Crippen molar-refractivity contribution in [2.24, 2.45) is 4.99 Å². The lowest BCUT2D eigenvalue weighted by Gasteiger charge is -2.24. The van der Waals surface area contributed by atoms with Gasteiger partial charge in [0.05, 0.1) is 6.54 Å². The summed E-state index contributed by atoms with van der Waals surface area (Å²) in [5.74, 6) is 1.64. The van der Waals surface area contributed by atoms with E-state index in [1.807, 2.05) is 71.6 Å². The number of hydrogen-bond acceptors (Lipinski definition) is 5. The molecule has 148 valence electrons. The van der Waals surface area contributed by atoms with Gasteiger partial charge in [-0.25, -0.2) is 4.99 Å². The van der Waals surface area contributed by atoms with Crippen molar-refractivity contribution >= 4 is 23.6 Å². The maximum atomic E-state index is 12.6. The average molecular weight is 397 g/mol. The Morgan fingerprint density at radius 2 is 1.67 bits per heavy atom. The first-order valence-electron chi connectivity index (χ1n) is 9.64. The number of nitrogens with one attached hydrogen (secondary N) is 1. The Bertz CT molecular complexity index is 1140. The molecule has 3 aromatic rings. The van der Waals surface area contributed by atoms with Crippen LogP contribution in [0.1, 0.15) is 11.1 Å². The third kappa shape index (κ3) is 3.63. The van der Waals surface area contributed by atoms with Crippen LogP contribution in [-0.4, -0.2) is 18.7 Å². The van der Waals surface area contributed by atoms with Crippen LogP contribution in [0.25, 0.3) is 6.08 Å². The second-order valence-electron chi connectivity index (χ2n) is 6.94. The number of hydrogen-bond donors (Lipinski definition) is 1. The van der Waals surface area contributed by atoms with Gasteiger partial charge in [0.1, 0.15) is 5.70 Å². The molecule has 0 atom stereocenters. The average Bonchev–Trinajstić information content (AvgIpc) is 3.39. The minimum Gasteiger partial charge on any atom is -0.454 e. The molecule has 2 aliphatic heterocycles. The smallest absolute Gasteiger partial charge is 0.276 e. The molecule has 3 aromatic carbocycles. The number of nitrogens with zero attached hydrogens (tertiary/aromatic N) is 2. The molecule has 0 spiro atoms. The minimum atomic E-state index is -0.239. The van der Waals surface area contributed by atoms with Gasteiger partial charge in [-0.15, -0.1) is 0 Å². The lowest BCUT2D eigenvalue weighted by atomic mass is 10.1. The van der Waals surface area contributed by atoms with Crippen molar-refractivity contribution in [3.63, 3.8) is 0 Å². The number of benzene rings is 3. The summed E-state index contributed by atoms with van der Waals surface area (Å²) in [6, 6.07) is 25.5. The number of rotatable bonds is 4. The molecule has 2 heterocycles. The number of carbonyl (C=O) groups is 1. The molecule has 0 fully saturated rings. The van der Waals surface area contributed by atoms with Crippen molar-refractivity contribution in [2.75, 3.05) is 11.7 Å². The number of guanidine groups is 1. The zero-order valence-electron chi connectivity index (χ0n) is 16.1. The van der Waals surface area contributed by atoms with E-state index in [1.165, 1.54) is 0 Å². The summed E-state index contributed by atoms with van der Waals surface area (Å²) in [4.78, 5) is 19.2. The van der Waals surface area contributed by atoms with E-state index >= 15 is 0 Å². The first-order valence-corrected chi connectivity index (χ1v) is 9.64. The summed E-state index contributed by atoms with van der Waals surface area (Å²) >= 11 is 0. The fourth-order valence-corrected chi connectivity index (χ4v) is 3.41. The Morgan fingerprint density at radius 1 is 0.933 bits per heavy atom. The van der Waals surface area contributed by atoms with Crippen molar-refractivity contribution in [1.29, 1.82) is 0 Å². The molecule has 6 heteroatoms. The molecule has 0 bridgehead atoms. The highest BCUT2D eigenvalue weighted by atomic mass is 16.7. The fourth-order valence-electron chi connectivity index (χ4n) is 3.41. The second kappa shape index (κ2) is 7.75. The number of anilines is 1. The third-order valence-corrected chi connectivity index (χ3v) is 4.89. The zero-order valence-corrected chi connectivity index (χ0v) is 16.1. The van der Waals surface area contributed by atoms with E-state index in [4.69, 9.17) is 9.47 Å². The van der Waals surface area contributed by atoms with Gasteiger partial charge in [0.2, 0.25) is 12.8 Å². The molecule has 1 N–H and O–H groups in total. The first-order chi connectivity index (χ1) is 14.8. The molecule has 0 unspecified atom stereocenters. The van der Waals surface area contributed by atoms with E-state index in [0.717, 1.165) is 16.8 Å². The number of ether oxygens (including phenoxy) is 2. The van der Waals surface area contributed by atoms with Crippen LogP contribution < -0.4 is 19.7 Å². The molecule has 0 aromatic heterocycles. The van der Waals surface area contributed by atoms with E-state index < -0.39 is 0 Å². The van der Waals surface area contributed by atoms with E-state index in [9.17, 15) is 4.79 Å². The maximum absolute atomic E-state index is 12.6. The fraction of sp³-hybridized carbons (Fsp3) is 0.0833. The van der Waals surface area contributed by atoms with Gasteiger partial charge in [0.15, 0.2) is 11.5 Å². The van der Waals surface area contributed by atoms with Crippen molar-refractivity contribution in [2.45, 2.75) is 6.54 Å². The third-order valence-electron chi connectivity index (χ3n) is 4.89. The topological polar surface area (TPSA) is 63.2 Å². The van der Waals surface area contributed by atoms with E-state index in [2.05, 4.69) is 22.4 Å². The SMILES string of the molecule is O=C1NC(N(Cc2ccccc2)c2ccccc2)=NC1=Cc1ccc2c(c1)OCO2. The normalized spacial score (nSPS) is 15.8. The maximum Gasteiger partial charge on any atom is 0.276 e. The van der Waals surface area contributed by atoms with Crippen molar-refractivity contribution in [1.82, 2.24) is 5.32 Å². The lowest BCUT2D eigenvalue weighted by Crippen LogP contribution is -2.40. The first kappa shape index (κ1) is 18.0.